The van der Waals surface area contributed by atoms with E-state index in [-0.39, 0.29) is 12.4 Å². The van der Waals surface area contributed by atoms with E-state index in [1.807, 2.05) is 0 Å². The molecular weight excluding hydrogens is 279 g/mol. The van der Waals surface area contributed by atoms with Crippen molar-refractivity contribution in [2.24, 2.45) is 0 Å². The van der Waals surface area contributed by atoms with Crippen molar-refractivity contribution in [3.05, 3.63) is 11.9 Å². The summed E-state index contributed by atoms with van der Waals surface area (Å²) in [6.45, 7) is 1.15. The first-order valence-corrected chi connectivity index (χ1v) is 5.50. The molecule has 1 fully saturated rings. The number of carbonyl (C=O) groups excluding carboxylic acids is 2. The molecule has 1 aromatic rings. The molecule has 0 aliphatic carbocycles. The molecule has 0 bridgehead atoms. The normalized spacial score (nSPS) is 20.0. The number of rotatable bonds is 1. The molecule has 2 heterocycles. The van der Waals surface area contributed by atoms with Gasteiger partial charge >= 0.3 is 6.18 Å². The third-order valence-corrected chi connectivity index (χ3v) is 2.70. The van der Waals surface area contributed by atoms with Crippen LogP contribution in [0.1, 0.15) is 12.7 Å². The van der Waals surface area contributed by atoms with Crippen LogP contribution < -0.4 is 16.0 Å². The molecule has 0 spiro atoms. The highest BCUT2D eigenvalue weighted by atomic mass is 19.4. The maximum Gasteiger partial charge on any atom is 0.451 e. The van der Waals surface area contributed by atoms with E-state index >= 15 is 0 Å². The lowest BCUT2D eigenvalue weighted by molar-refractivity contribution is -0.144. The Morgan fingerprint density at radius 1 is 1.40 bits per heavy atom. The number of amides is 2. The van der Waals surface area contributed by atoms with Gasteiger partial charge in [-0.2, -0.15) is 13.2 Å². The van der Waals surface area contributed by atoms with Crippen molar-refractivity contribution in [3.8, 4) is 0 Å². The van der Waals surface area contributed by atoms with E-state index in [9.17, 15) is 22.8 Å². The Kier molecular flexibility index (Phi) is 3.24. The fourth-order valence-electron chi connectivity index (χ4n) is 1.72. The Morgan fingerprint density at radius 2 is 2.05 bits per heavy atom. The van der Waals surface area contributed by atoms with Gasteiger partial charge in [0.25, 0.3) is 0 Å². The quantitative estimate of drug-likeness (QED) is 0.702. The lowest BCUT2D eigenvalue weighted by atomic mass is 10.2. The molecule has 108 valence electrons. The van der Waals surface area contributed by atoms with E-state index in [0.717, 1.165) is 11.0 Å². The standard InChI is InChI=1S/C10H10F3N5O2/c1-4-8(20)17-7(19)3-18(4)6-2-5(14)15-9(16-6)10(11,12)13/h2,4H,3H2,1H3,(H2,14,15,16)(H,17,19,20). The summed E-state index contributed by atoms with van der Waals surface area (Å²) in [5, 5.41) is 2.07. The van der Waals surface area contributed by atoms with Crippen molar-refractivity contribution in [2.45, 2.75) is 19.1 Å². The number of piperazine rings is 1. The molecule has 1 aliphatic rings. The second kappa shape index (κ2) is 4.62. The van der Waals surface area contributed by atoms with Crippen LogP contribution >= 0.6 is 0 Å². The molecule has 2 rings (SSSR count). The number of nitrogen functional groups attached to an aromatic ring is 1. The van der Waals surface area contributed by atoms with Crippen LogP contribution in [0.5, 0.6) is 0 Å². The zero-order valence-electron chi connectivity index (χ0n) is 10.2. The van der Waals surface area contributed by atoms with E-state index in [2.05, 4.69) is 15.3 Å². The Balaban J connectivity index is 2.44. The van der Waals surface area contributed by atoms with Gasteiger partial charge in [0.1, 0.15) is 17.7 Å². The van der Waals surface area contributed by atoms with Crippen LogP contribution in [0.25, 0.3) is 0 Å². The Morgan fingerprint density at radius 3 is 2.65 bits per heavy atom. The van der Waals surface area contributed by atoms with Gasteiger partial charge < -0.3 is 10.6 Å². The molecule has 0 radical (unpaired) electrons. The third-order valence-electron chi connectivity index (χ3n) is 2.70. The largest absolute Gasteiger partial charge is 0.451 e. The van der Waals surface area contributed by atoms with Gasteiger partial charge in [-0.15, -0.1) is 0 Å². The molecule has 3 N–H and O–H groups in total. The SMILES string of the molecule is CC1C(=O)NC(=O)CN1c1cc(N)nc(C(F)(F)F)n1. The van der Waals surface area contributed by atoms with E-state index in [1.165, 1.54) is 6.92 Å². The monoisotopic (exact) mass is 289 g/mol. The van der Waals surface area contributed by atoms with E-state index < -0.39 is 35.7 Å². The van der Waals surface area contributed by atoms with Gasteiger partial charge in [-0.1, -0.05) is 0 Å². The number of aromatic nitrogens is 2. The lowest BCUT2D eigenvalue weighted by Crippen LogP contribution is -2.57. The van der Waals surface area contributed by atoms with Gasteiger partial charge in [0.15, 0.2) is 0 Å². The number of carbonyl (C=O) groups is 2. The zero-order chi connectivity index (χ0) is 15.1. The fraction of sp³-hybridized carbons (Fsp3) is 0.400. The smallest absolute Gasteiger partial charge is 0.384 e. The van der Waals surface area contributed by atoms with Crippen LogP contribution in [0.15, 0.2) is 6.07 Å². The molecule has 1 atom stereocenters. The molecule has 0 aromatic carbocycles. The molecule has 1 unspecified atom stereocenters. The maximum atomic E-state index is 12.6. The van der Waals surface area contributed by atoms with Gasteiger partial charge in [0.2, 0.25) is 17.6 Å². The molecule has 1 aromatic heterocycles. The van der Waals surface area contributed by atoms with Crippen LogP contribution in [-0.2, 0) is 15.8 Å². The Labute approximate surface area is 111 Å². The van der Waals surface area contributed by atoms with Gasteiger partial charge in [-0.25, -0.2) is 9.97 Å². The summed E-state index contributed by atoms with van der Waals surface area (Å²) in [5.41, 5.74) is 5.31. The first kappa shape index (κ1) is 14.0. The minimum atomic E-state index is -4.77. The van der Waals surface area contributed by atoms with Crippen molar-refractivity contribution in [1.82, 2.24) is 15.3 Å². The minimum absolute atomic E-state index is 0.222. The number of halogens is 3. The van der Waals surface area contributed by atoms with Crippen molar-refractivity contribution < 1.29 is 22.8 Å². The first-order valence-electron chi connectivity index (χ1n) is 5.50. The van der Waals surface area contributed by atoms with Crippen LogP contribution in [-0.4, -0.2) is 34.4 Å². The summed E-state index contributed by atoms with van der Waals surface area (Å²) in [6, 6.07) is 0.237. The Hall–Kier alpha value is -2.39. The highest BCUT2D eigenvalue weighted by Gasteiger charge is 2.37. The average molecular weight is 289 g/mol. The topological polar surface area (TPSA) is 101 Å². The predicted molar refractivity (Wildman–Crippen MR) is 61.4 cm³/mol. The number of alkyl halides is 3. The average Bonchev–Trinajstić information content (AvgIpc) is 2.32. The first-order chi connectivity index (χ1) is 9.18. The molecule has 1 saturated heterocycles. The number of imide groups is 1. The molecule has 20 heavy (non-hydrogen) atoms. The second-order valence-electron chi connectivity index (χ2n) is 4.19. The number of nitrogens with two attached hydrogens (primary N) is 1. The van der Waals surface area contributed by atoms with Crippen molar-refractivity contribution in [3.63, 3.8) is 0 Å². The summed E-state index contributed by atoms with van der Waals surface area (Å²) < 4.78 is 37.9. The third kappa shape index (κ3) is 2.63. The van der Waals surface area contributed by atoms with Gasteiger partial charge in [0.05, 0.1) is 6.54 Å². The molecule has 2 amide bonds. The summed E-state index contributed by atoms with van der Waals surface area (Å²) in [7, 11) is 0. The predicted octanol–water partition coefficient (Wildman–Crippen LogP) is -0.0711. The molecule has 0 saturated carbocycles. The second-order valence-corrected chi connectivity index (χ2v) is 4.19. The highest BCUT2D eigenvalue weighted by Crippen LogP contribution is 2.29. The molecule has 1 aliphatic heterocycles. The number of nitrogens with one attached hydrogen (secondary N) is 1. The highest BCUT2D eigenvalue weighted by molar-refractivity contribution is 6.04. The van der Waals surface area contributed by atoms with Gasteiger partial charge in [-0.05, 0) is 6.92 Å². The van der Waals surface area contributed by atoms with Crippen molar-refractivity contribution in [2.75, 3.05) is 17.2 Å². The minimum Gasteiger partial charge on any atom is -0.384 e. The molecule has 10 heteroatoms. The number of anilines is 2. The van der Waals surface area contributed by atoms with Gasteiger partial charge in [0, 0.05) is 6.07 Å². The number of hydrogen-bond donors (Lipinski definition) is 2. The summed E-state index contributed by atoms with van der Waals surface area (Å²) in [5.74, 6) is -3.28. The Bertz CT molecular complexity index is 575. The molecular formula is C10H10F3N5O2. The summed E-state index contributed by atoms with van der Waals surface area (Å²) >= 11 is 0. The zero-order valence-corrected chi connectivity index (χ0v) is 10.2. The number of hydrogen-bond acceptors (Lipinski definition) is 6. The van der Waals surface area contributed by atoms with Crippen molar-refractivity contribution >= 4 is 23.5 Å². The summed E-state index contributed by atoms with van der Waals surface area (Å²) in [6.07, 6.45) is -4.77. The summed E-state index contributed by atoms with van der Waals surface area (Å²) in [4.78, 5) is 30.3. The van der Waals surface area contributed by atoms with Crippen LogP contribution in [0.2, 0.25) is 0 Å². The lowest BCUT2D eigenvalue weighted by Gasteiger charge is -2.32. The van der Waals surface area contributed by atoms with Crippen LogP contribution in [0.4, 0.5) is 24.8 Å². The fourth-order valence-corrected chi connectivity index (χ4v) is 1.72. The van der Waals surface area contributed by atoms with Crippen LogP contribution in [0.3, 0.4) is 0 Å². The molecule has 7 nitrogen and oxygen atoms in total. The van der Waals surface area contributed by atoms with E-state index in [1.54, 1.807) is 0 Å². The van der Waals surface area contributed by atoms with Crippen LogP contribution in [0, 0.1) is 0 Å². The van der Waals surface area contributed by atoms with Gasteiger partial charge in [-0.3, -0.25) is 14.9 Å². The van der Waals surface area contributed by atoms with E-state index in [0.29, 0.717) is 0 Å². The van der Waals surface area contributed by atoms with Crippen molar-refractivity contribution in [1.29, 1.82) is 0 Å². The van der Waals surface area contributed by atoms with E-state index in [4.69, 9.17) is 5.73 Å². The maximum absolute atomic E-state index is 12.6. The number of nitrogens with zero attached hydrogens (tertiary/aromatic N) is 3.